The molecular formula is C15H21N3S. The Morgan fingerprint density at radius 1 is 1.42 bits per heavy atom. The van der Waals surface area contributed by atoms with Gasteiger partial charge in [-0.25, -0.2) is 4.98 Å². The highest BCUT2D eigenvalue weighted by molar-refractivity contribution is 7.16. The first-order valence-corrected chi connectivity index (χ1v) is 7.97. The lowest BCUT2D eigenvalue weighted by Gasteiger charge is -2.22. The lowest BCUT2D eigenvalue weighted by atomic mass is 9.93. The van der Waals surface area contributed by atoms with Gasteiger partial charge in [0, 0.05) is 6.04 Å². The van der Waals surface area contributed by atoms with E-state index in [9.17, 15) is 0 Å². The molecule has 1 aromatic heterocycles. The van der Waals surface area contributed by atoms with Crippen LogP contribution in [0.4, 0.5) is 11.4 Å². The van der Waals surface area contributed by atoms with Crippen LogP contribution in [0, 0.1) is 11.8 Å². The molecule has 102 valence electrons. The summed E-state index contributed by atoms with van der Waals surface area (Å²) in [5.41, 5.74) is 10.9. The van der Waals surface area contributed by atoms with Crippen molar-refractivity contribution >= 4 is 32.9 Å². The molecule has 0 radical (unpaired) electrons. The van der Waals surface area contributed by atoms with E-state index in [0.29, 0.717) is 6.04 Å². The smallest absolute Gasteiger partial charge is 0.106 e. The molecule has 3 N–H and O–H groups in total. The third-order valence-corrected chi connectivity index (χ3v) is 5.43. The fourth-order valence-electron chi connectivity index (χ4n) is 3.31. The van der Waals surface area contributed by atoms with Crippen molar-refractivity contribution in [2.24, 2.45) is 11.8 Å². The highest BCUT2D eigenvalue weighted by atomic mass is 32.1. The summed E-state index contributed by atoms with van der Waals surface area (Å²) in [5.74, 6) is 1.57. The Bertz CT molecular complexity index is 578. The molecule has 1 aliphatic carbocycles. The SMILES string of the molecule is CCC1CCC(Nc2ccc3scnc3c2N)C1C. The highest BCUT2D eigenvalue weighted by Crippen LogP contribution is 2.38. The van der Waals surface area contributed by atoms with Gasteiger partial charge in [0.2, 0.25) is 0 Å². The average Bonchev–Trinajstić information content (AvgIpc) is 3.01. The molecule has 0 aliphatic heterocycles. The molecule has 0 bridgehead atoms. The van der Waals surface area contributed by atoms with Gasteiger partial charge in [-0.05, 0) is 36.8 Å². The van der Waals surface area contributed by atoms with Crippen LogP contribution < -0.4 is 11.1 Å². The van der Waals surface area contributed by atoms with Gasteiger partial charge >= 0.3 is 0 Å². The molecule has 2 aromatic rings. The van der Waals surface area contributed by atoms with Gasteiger partial charge in [0.25, 0.3) is 0 Å². The van der Waals surface area contributed by atoms with Gasteiger partial charge in [-0.15, -0.1) is 11.3 Å². The molecule has 0 amide bonds. The zero-order valence-corrected chi connectivity index (χ0v) is 12.3. The van der Waals surface area contributed by atoms with Gasteiger partial charge in [0.05, 0.1) is 21.6 Å². The number of rotatable bonds is 3. The number of nitrogen functional groups attached to an aromatic ring is 1. The van der Waals surface area contributed by atoms with Crippen molar-refractivity contribution in [2.75, 3.05) is 11.1 Å². The number of fused-ring (bicyclic) bond motifs is 1. The molecule has 1 heterocycles. The average molecular weight is 275 g/mol. The van der Waals surface area contributed by atoms with Crippen LogP contribution in [0.2, 0.25) is 0 Å². The summed E-state index contributed by atoms with van der Waals surface area (Å²) in [4.78, 5) is 4.36. The van der Waals surface area contributed by atoms with Crippen molar-refractivity contribution in [3.63, 3.8) is 0 Å². The molecule has 1 saturated carbocycles. The summed E-state index contributed by atoms with van der Waals surface area (Å²) >= 11 is 1.64. The number of nitrogens with one attached hydrogen (secondary N) is 1. The molecule has 1 aliphatic rings. The summed E-state index contributed by atoms with van der Waals surface area (Å²) in [6, 6.07) is 4.76. The molecule has 19 heavy (non-hydrogen) atoms. The van der Waals surface area contributed by atoms with Crippen LogP contribution >= 0.6 is 11.3 Å². The van der Waals surface area contributed by atoms with Crippen LogP contribution in [0.3, 0.4) is 0 Å². The Labute approximate surface area is 118 Å². The second-order valence-corrected chi connectivity index (χ2v) is 6.47. The molecule has 0 spiro atoms. The maximum atomic E-state index is 6.24. The fraction of sp³-hybridized carbons (Fsp3) is 0.533. The Kier molecular flexibility index (Phi) is 3.35. The van der Waals surface area contributed by atoms with Gasteiger partial charge in [-0.2, -0.15) is 0 Å². The number of aromatic nitrogens is 1. The van der Waals surface area contributed by atoms with E-state index in [-0.39, 0.29) is 0 Å². The lowest BCUT2D eigenvalue weighted by Crippen LogP contribution is -2.25. The van der Waals surface area contributed by atoms with Gasteiger partial charge in [0.1, 0.15) is 5.52 Å². The molecule has 4 heteroatoms. The van der Waals surface area contributed by atoms with Crippen molar-refractivity contribution in [3.05, 3.63) is 17.6 Å². The van der Waals surface area contributed by atoms with Crippen LogP contribution in [0.1, 0.15) is 33.1 Å². The molecule has 1 aromatic carbocycles. The Morgan fingerprint density at radius 3 is 3.00 bits per heavy atom. The first-order chi connectivity index (χ1) is 9.20. The third-order valence-electron chi connectivity index (χ3n) is 4.63. The summed E-state index contributed by atoms with van der Waals surface area (Å²) in [6.45, 7) is 4.65. The zero-order chi connectivity index (χ0) is 13.4. The van der Waals surface area contributed by atoms with Crippen LogP contribution in [-0.4, -0.2) is 11.0 Å². The second-order valence-electron chi connectivity index (χ2n) is 5.58. The quantitative estimate of drug-likeness (QED) is 0.829. The van der Waals surface area contributed by atoms with Gasteiger partial charge in [-0.1, -0.05) is 20.3 Å². The van der Waals surface area contributed by atoms with Crippen LogP contribution in [0.15, 0.2) is 17.6 Å². The summed E-state index contributed by atoms with van der Waals surface area (Å²) in [7, 11) is 0. The molecular weight excluding hydrogens is 254 g/mol. The third kappa shape index (κ3) is 2.18. The molecule has 3 rings (SSSR count). The van der Waals surface area contributed by atoms with Crippen molar-refractivity contribution in [2.45, 2.75) is 39.2 Å². The van der Waals surface area contributed by atoms with E-state index < -0.39 is 0 Å². The van der Waals surface area contributed by atoms with Crippen molar-refractivity contribution in [1.29, 1.82) is 0 Å². The predicted molar refractivity (Wildman–Crippen MR) is 83.6 cm³/mol. The molecule has 3 nitrogen and oxygen atoms in total. The Morgan fingerprint density at radius 2 is 2.26 bits per heavy atom. The maximum Gasteiger partial charge on any atom is 0.106 e. The second kappa shape index (κ2) is 5.00. The minimum Gasteiger partial charge on any atom is -0.395 e. The predicted octanol–water partition coefficient (Wildman–Crippen LogP) is 4.12. The first-order valence-electron chi connectivity index (χ1n) is 7.09. The number of hydrogen-bond acceptors (Lipinski definition) is 4. The van der Waals surface area contributed by atoms with E-state index in [1.165, 1.54) is 19.3 Å². The van der Waals surface area contributed by atoms with E-state index in [1.807, 2.05) is 5.51 Å². The van der Waals surface area contributed by atoms with E-state index in [1.54, 1.807) is 11.3 Å². The normalized spacial score (nSPS) is 26.9. The number of thiazole rings is 1. The van der Waals surface area contributed by atoms with E-state index in [4.69, 9.17) is 5.73 Å². The number of anilines is 2. The maximum absolute atomic E-state index is 6.24. The number of nitrogens with zero attached hydrogens (tertiary/aromatic N) is 1. The van der Waals surface area contributed by atoms with Crippen molar-refractivity contribution in [3.8, 4) is 0 Å². The standard InChI is InChI=1S/C15H21N3S/c1-3-10-4-5-11(9(10)2)18-12-6-7-13-15(14(12)16)17-8-19-13/h6-11,18H,3-5,16H2,1-2H3. The number of hydrogen-bond donors (Lipinski definition) is 2. The Hall–Kier alpha value is -1.29. The summed E-state index contributed by atoms with van der Waals surface area (Å²) < 4.78 is 1.16. The largest absolute Gasteiger partial charge is 0.395 e. The fourth-order valence-corrected chi connectivity index (χ4v) is 4.00. The van der Waals surface area contributed by atoms with Crippen LogP contribution in [0.25, 0.3) is 10.2 Å². The van der Waals surface area contributed by atoms with Crippen molar-refractivity contribution in [1.82, 2.24) is 4.98 Å². The first kappa shape index (κ1) is 12.7. The van der Waals surface area contributed by atoms with E-state index in [2.05, 4.69) is 36.3 Å². The van der Waals surface area contributed by atoms with Crippen LogP contribution in [0.5, 0.6) is 0 Å². The molecule has 1 fully saturated rings. The minimum absolute atomic E-state index is 0.545. The monoisotopic (exact) mass is 275 g/mol. The summed E-state index contributed by atoms with van der Waals surface area (Å²) in [5, 5.41) is 3.64. The van der Waals surface area contributed by atoms with Gasteiger partial charge in [-0.3, -0.25) is 0 Å². The van der Waals surface area contributed by atoms with Crippen LogP contribution in [-0.2, 0) is 0 Å². The minimum atomic E-state index is 0.545. The molecule has 3 unspecified atom stereocenters. The molecule has 0 saturated heterocycles. The molecule has 3 atom stereocenters. The summed E-state index contributed by atoms with van der Waals surface area (Å²) in [6.07, 6.45) is 3.85. The van der Waals surface area contributed by atoms with E-state index in [0.717, 1.165) is 33.4 Å². The van der Waals surface area contributed by atoms with E-state index >= 15 is 0 Å². The van der Waals surface area contributed by atoms with Crippen molar-refractivity contribution < 1.29 is 0 Å². The zero-order valence-electron chi connectivity index (χ0n) is 11.5. The van der Waals surface area contributed by atoms with Gasteiger partial charge < -0.3 is 11.1 Å². The number of benzene rings is 1. The highest BCUT2D eigenvalue weighted by Gasteiger charge is 2.31. The topological polar surface area (TPSA) is 50.9 Å². The number of nitrogens with two attached hydrogens (primary N) is 1. The lowest BCUT2D eigenvalue weighted by molar-refractivity contribution is 0.392. The Balaban J connectivity index is 1.84. The van der Waals surface area contributed by atoms with Gasteiger partial charge in [0.15, 0.2) is 0 Å².